The molecule has 10 heteroatoms. The van der Waals surface area contributed by atoms with E-state index in [1.54, 1.807) is 26.1 Å². The highest BCUT2D eigenvalue weighted by Gasteiger charge is 2.32. The number of benzene rings is 1. The van der Waals surface area contributed by atoms with Crippen molar-refractivity contribution in [1.82, 2.24) is 15.5 Å². The van der Waals surface area contributed by atoms with Crippen molar-refractivity contribution in [3.05, 3.63) is 23.8 Å². The van der Waals surface area contributed by atoms with Gasteiger partial charge in [-0.05, 0) is 43.9 Å². The molecule has 1 aromatic rings. The van der Waals surface area contributed by atoms with Gasteiger partial charge in [-0.1, -0.05) is 18.9 Å². The van der Waals surface area contributed by atoms with Crippen molar-refractivity contribution in [3.8, 4) is 11.5 Å². The average molecular weight is 566 g/mol. The standard InChI is InChI=1S/C22H32F2N4O3.HI/c1-3-30-19-12-15(8-9-18(19)31-21(23)24)13-26-22(25-2)27-17-10-11-28(14-17)20(29)16-6-4-5-7-16;/h8-9,12,16-17,21H,3-7,10-11,13-14H2,1-2H3,(H2,25,26,27);1H. The van der Waals surface area contributed by atoms with Crippen molar-refractivity contribution in [2.45, 2.75) is 58.2 Å². The Morgan fingerprint density at radius 1 is 1.25 bits per heavy atom. The number of likely N-dealkylation sites (tertiary alicyclic amines) is 1. The lowest BCUT2D eigenvalue weighted by Gasteiger charge is -2.21. The van der Waals surface area contributed by atoms with Gasteiger partial charge in [-0.15, -0.1) is 24.0 Å². The van der Waals surface area contributed by atoms with Gasteiger partial charge in [0.05, 0.1) is 6.61 Å². The van der Waals surface area contributed by atoms with Crippen LogP contribution in [0.5, 0.6) is 11.5 Å². The molecule has 1 aliphatic heterocycles. The maximum atomic E-state index is 12.6. The topological polar surface area (TPSA) is 75.2 Å². The van der Waals surface area contributed by atoms with Crippen molar-refractivity contribution in [3.63, 3.8) is 0 Å². The van der Waals surface area contributed by atoms with E-state index in [1.165, 1.54) is 6.07 Å². The van der Waals surface area contributed by atoms with Gasteiger partial charge in [0.15, 0.2) is 17.5 Å². The van der Waals surface area contributed by atoms with E-state index in [0.29, 0.717) is 31.6 Å². The quantitative estimate of drug-likeness (QED) is 0.285. The Morgan fingerprint density at radius 2 is 2.00 bits per heavy atom. The number of hydrogen-bond acceptors (Lipinski definition) is 4. The molecule has 0 radical (unpaired) electrons. The van der Waals surface area contributed by atoms with Crippen LogP contribution in [0, 0.1) is 5.92 Å². The van der Waals surface area contributed by atoms with Crippen LogP contribution in [-0.4, -0.2) is 56.2 Å². The lowest BCUT2D eigenvalue weighted by Crippen LogP contribution is -2.45. The number of guanidine groups is 1. The van der Waals surface area contributed by atoms with Gasteiger partial charge in [0.25, 0.3) is 0 Å². The third kappa shape index (κ3) is 7.35. The van der Waals surface area contributed by atoms with Crippen molar-refractivity contribution in [2.24, 2.45) is 10.9 Å². The second kappa shape index (κ2) is 13.0. The average Bonchev–Trinajstić information content (AvgIpc) is 3.44. The number of rotatable bonds is 8. The zero-order valence-corrected chi connectivity index (χ0v) is 20.9. The Morgan fingerprint density at radius 3 is 2.66 bits per heavy atom. The summed E-state index contributed by atoms with van der Waals surface area (Å²) in [6.07, 6.45) is 5.22. The molecule has 1 aromatic carbocycles. The van der Waals surface area contributed by atoms with Gasteiger partial charge in [-0.3, -0.25) is 9.79 Å². The number of halogens is 3. The molecule has 1 unspecified atom stereocenters. The van der Waals surface area contributed by atoms with Crippen LogP contribution in [-0.2, 0) is 11.3 Å². The number of ether oxygens (including phenoxy) is 2. The van der Waals surface area contributed by atoms with E-state index in [1.807, 2.05) is 4.90 Å². The molecule has 180 valence electrons. The van der Waals surface area contributed by atoms with Gasteiger partial charge in [0.1, 0.15) is 0 Å². The minimum atomic E-state index is -2.90. The highest BCUT2D eigenvalue weighted by Crippen LogP contribution is 2.30. The van der Waals surface area contributed by atoms with E-state index in [9.17, 15) is 13.6 Å². The Bertz CT molecular complexity index is 776. The van der Waals surface area contributed by atoms with Crippen LogP contribution in [0.25, 0.3) is 0 Å². The zero-order valence-electron chi connectivity index (χ0n) is 18.6. The predicted octanol–water partition coefficient (Wildman–Crippen LogP) is 3.76. The maximum Gasteiger partial charge on any atom is 0.387 e. The molecular weight excluding hydrogens is 533 g/mol. The molecular formula is C22H33F2IN4O3. The lowest BCUT2D eigenvalue weighted by molar-refractivity contribution is -0.134. The number of nitrogens with one attached hydrogen (secondary N) is 2. The fourth-order valence-electron chi connectivity index (χ4n) is 4.21. The highest BCUT2D eigenvalue weighted by atomic mass is 127. The first-order valence-electron chi connectivity index (χ1n) is 11.0. The number of nitrogens with zero attached hydrogens (tertiary/aromatic N) is 2. The molecule has 1 aliphatic carbocycles. The minimum Gasteiger partial charge on any atom is -0.490 e. The number of carbonyl (C=O) groups is 1. The molecule has 2 N–H and O–H groups in total. The van der Waals surface area contributed by atoms with E-state index in [4.69, 9.17) is 4.74 Å². The summed E-state index contributed by atoms with van der Waals surface area (Å²) in [7, 11) is 1.69. The molecule has 32 heavy (non-hydrogen) atoms. The van der Waals surface area contributed by atoms with Crippen molar-refractivity contribution < 1.29 is 23.0 Å². The summed E-state index contributed by atoms with van der Waals surface area (Å²) in [6.45, 7) is 1.12. The van der Waals surface area contributed by atoms with Crippen LogP contribution < -0.4 is 20.1 Å². The monoisotopic (exact) mass is 566 g/mol. The molecule has 7 nitrogen and oxygen atoms in total. The van der Waals surface area contributed by atoms with Crippen LogP contribution in [0.3, 0.4) is 0 Å². The van der Waals surface area contributed by atoms with E-state index in [0.717, 1.165) is 44.2 Å². The van der Waals surface area contributed by atoms with Crippen LogP contribution in [0.2, 0.25) is 0 Å². The van der Waals surface area contributed by atoms with Gasteiger partial charge in [-0.25, -0.2) is 0 Å². The van der Waals surface area contributed by atoms with Gasteiger partial charge in [0.2, 0.25) is 5.91 Å². The van der Waals surface area contributed by atoms with E-state index < -0.39 is 6.61 Å². The number of alkyl halides is 2. The Kier molecular flexibility index (Phi) is 10.7. The summed E-state index contributed by atoms with van der Waals surface area (Å²) in [6, 6.07) is 5.02. The molecule has 1 atom stereocenters. The molecule has 3 rings (SSSR count). The predicted molar refractivity (Wildman–Crippen MR) is 130 cm³/mol. The molecule has 2 fully saturated rings. The number of hydrogen-bond donors (Lipinski definition) is 2. The molecule has 0 spiro atoms. The Hall–Kier alpha value is -1.85. The molecule has 2 aliphatic rings. The van der Waals surface area contributed by atoms with Gasteiger partial charge < -0.3 is 25.0 Å². The maximum absolute atomic E-state index is 12.6. The van der Waals surface area contributed by atoms with Gasteiger partial charge >= 0.3 is 6.61 Å². The molecule has 1 amide bonds. The summed E-state index contributed by atoms with van der Waals surface area (Å²) in [5.74, 6) is 1.42. The number of carbonyl (C=O) groups excluding carboxylic acids is 1. The molecule has 1 saturated carbocycles. The molecule has 1 heterocycles. The summed E-state index contributed by atoms with van der Waals surface area (Å²) >= 11 is 0. The lowest BCUT2D eigenvalue weighted by atomic mass is 10.1. The fraction of sp³-hybridized carbons (Fsp3) is 0.636. The summed E-state index contributed by atoms with van der Waals surface area (Å²) in [4.78, 5) is 18.9. The summed E-state index contributed by atoms with van der Waals surface area (Å²) in [5.41, 5.74) is 0.845. The van der Waals surface area contributed by atoms with Gasteiger partial charge in [0, 0.05) is 38.6 Å². The summed E-state index contributed by atoms with van der Waals surface area (Å²) in [5, 5.41) is 6.61. The number of aliphatic imine (C=N–C) groups is 1. The van der Waals surface area contributed by atoms with E-state index in [2.05, 4.69) is 20.4 Å². The van der Waals surface area contributed by atoms with Crippen LogP contribution in [0.4, 0.5) is 8.78 Å². The molecule has 0 aromatic heterocycles. The largest absolute Gasteiger partial charge is 0.490 e. The first-order chi connectivity index (χ1) is 15.0. The van der Waals surface area contributed by atoms with Crippen LogP contribution in [0.15, 0.2) is 23.2 Å². The number of amides is 1. The smallest absolute Gasteiger partial charge is 0.387 e. The molecule has 0 bridgehead atoms. The first kappa shape index (κ1) is 26.4. The molecule has 1 saturated heterocycles. The fourth-order valence-corrected chi connectivity index (χ4v) is 4.21. The third-order valence-electron chi connectivity index (χ3n) is 5.75. The zero-order chi connectivity index (χ0) is 22.2. The van der Waals surface area contributed by atoms with Gasteiger partial charge in [-0.2, -0.15) is 8.78 Å². The van der Waals surface area contributed by atoms with Crippen molar-refractivity contribution in [1.29, 1.82) is 0 Å². The second-order valence-corrected chi connectivity index (χ2v) is 7.91. The Labute approximate surface area is 205 Å². The van der Waals surface area contributed by atoms with Crippen LogP contribution in [0.1, 0.15) is 44.6 Å². The highest BCUT2D eigenvalue weighted by molar-refractivity contribution is 14.0. The van der Waals surface area contributed by atoms with Crippen molar-refractivity contribution in [2.75, 3.05) is 26.7 Å². The Balaban J connectivity index is 0.00000363. The van der Waals surface area contributed by atoms with E-state index in [-0.39, 0.29) is 47.4 Å². The van der Waals surface area contributed by atoms with Crippen molar-refractivity contribution >= 4 is 35.8 Å². The second-order valence-electron chi connectivity index (χ2n) is 7.91. The summed E-state index contributed by atoms with van der Waals surface area (Å²) < 4.78 is 35.1. The normalized spacial score (nSPS) is 19.1. The first-order valence-corrected chi connectivity index (χ1v) is 11.0. The minimum absolute atomic E-state index is 0. The SMILES string of the molecule is CCOc1cc(CNC(=NC)NC2CCN(C(=O)C3CCCC3)C2)ccc1OC(F)F.I. The van der Waals surface area contributed by atoms with Crippen LogP contribution >= 0.6 is 24.0 Å². The van der Waals surface area contributed by atoms with E-state index >= 15 is 0 Å². The third-order valence-corrected chi connectivity index (χ3v) is 5.75.